The van der Waals surface area contributed by atoms with Gasteiger partial charge in [-0.15, -0.1) is 11.3 Å². The van der Waals surface area contributed by atoms with Crippen molar-refractivity contribution in [3.63, 3.8) is 0 Å². The summed E-state index contributed by atoms with van der Waals surface area (Å²) in [5.74, 6) is 0.864. The summed E-state index contributed by atoms with van der Waals surface area (Å²) >= 11 is 1.68. The zero-order valence-corrected chi connectivity index (χ0v) is 15.7. The lowest BCUT2D eigenvalue weighted by Gasteiger charge is -2.21. The fourth-order valence-corrected chi connectivity index (χ4v) is 3.33. The van der Waals surface area contributed by atoms with E-state index < -0.39 is 0 Å². The summed E-state index contributed by atoms with van der Waals surface area (Å²) in [5, 5.41) is 8.89. The number of guanidine groups is 1. The Morgan fingerprint density at radius 1 is 1.28 bits per heavy atom. The predicted molar refractivity (Wildman–Crippen MR) is 105 cm³/mol. The SMILES string of the molecule is CCNC(=NCc1nccc2ccccc12)N(C)Cc1csc(C)n1. The van der Waals surface area contributed by atoms with Gasteiger partial charge in [-0.05, 0) is 25.3 Å². The third-order valence-electron chi connectivity index (χ3n) is 3.90. The van der Waals surface area contributed by atoms with Gasteiger partial charge in [0.05, 0.1) is 29.5 Å². The summed E-state index contributed by atoms with van der Waals surface area (Å²) < 4.78 is 0. The number of rotatable bonds is 5. The minimum absolute atomic E-state index is 0.546. The van der Waals surface area contributed by atoms with Crippen LogP contribution in [0.4, 0.5) is 0 Å². The van der Waals surface area contributed by atoms with Crippen LogP contribution in [0.1, 0.15) is 23.3 Å². The van der Waals surface area contributed by atoms with Crippen LogP contribution in [0.25, 0.3) is 10.8 Å². The molecule has 0 aliphatic heterocycles. The third kappa shape index (κ3) is 4.33. The molecule has 3 aromatic rings. The molecule has 0 radical (unpaired) electrons. The number of aromatic nitrogens is 2. The minimum atomic E-state index is 0.546. The number of thiazole rings is 1. The molecule has 2 aromatic heterocycles. The van der Waals surface area contributed by atoms with Gasteiger partial charge in [0, 0.05) is 30.6 Å². The van der Waals surface area contributed by atoms with Gasteiger partial charge in [-0.3, -0.25) is 4.98 Å². The second kappa shape index (κ2) is 8.07. The molecule has 1 N–H and O–H groups in total. The van der Waals surface area contributed by atoms with Gasteiger partial charge in [0.25, 0.3) is 0 Å². The van der Waals surface area contributed by atoms with Gasteiger partial charge < -0.3 is 10.2 Å². The Kier molecular flexibility index (Phi) is 5.60. The quantitative estimate of drug-likeness (QED) is 0.562. The van der Waals surface area contributed by atoms with Gasteiger partial charge in [0.1, 0.15) is 0 Å². The van der Waals surface area contributed by atoms with E-state index in [4.69, 9.17) is 4.99 Å². The van der Waals surface area contributed by atoms with Crippen molar-refractivity contribution in [1.82, 2.24) is 20.2 Å². The highest BCUT2D eigenvalue weighted by molar-refractivity contribution is 7.09. The molecule has 1 aromatic carbocycles. The maximum absolute atomic E-state index is 4.78. The topological polar surface area (TPSA) is 53.4 Å². The first kappa shape index (κ1) is 17.4. The van der Waals surface area contributed by atoms with E-state index in [1.165, 1.54) is 5.39 Å². The lowest BCUT2D eigenvalue weighted by molar-refractivity contribution is 0.470. The van der Waals surface area contributed by atoms with E-state index in [9.17, 15) is 0 Å². The number of fused-ring (bicyclic) bond motifs is 1. The Morgan fingerprint density at radius 3 is 2.88 bits per heavy atom. The molecule has 6 heteroatoms. The molecule has 0 fully saturated rings. The van der Waals surface area contributed by atoms with Gasteiger partial charge in [-0.1, -0.05) is 24.3 Å². The van der Waals surface area contributed by atoms with Crippen LogP contribution >= 0.6 is 11.3 Å². The van der Waals surface area contributed by atoms with Crippen LogP contribution in [0.2, 0.25) is 0 Å². The molecule has 5 nitrogen and oxygen atoms in total. The Morgan fingerprint density at radius 2 is 2.12 bits per heavy atom. The molecule has 0 unspecified atom stereocenters. The number of hydrogen-bond donors (Lipinski definition) is 1. The summed E-state index contributed by atoms with van der Waals surface area (Å²) in [6, 6.07) is 10.3. The molecule has 0 aliphatic carbocycles. The van der Waals surface area contributed by atoms with E-state index in [0.717, 1.165) is 40.8 Å². The molecular formula is C19H23N5S. The van der Waals surface area contributed by atoms with E-state index in [1.807, 2.05) is 38.4 Å². The smallest absolute Gasteiger partial charge is 0.194 e. The number of aryl methyl sites for hydroxylation is 1. The fourth-order valence-electron chi connectivity index (χ4n) is 2.73. The number of hydrogen-bond acceptors (Lipinski definition) is 4. The van der Waals surface area contributed by atoms with Crippen LogP contribution in [0, 0.1) is 6.92 Å². The van der Waals surface area contributed by atoms with Crippen molar-refractivity contribution in [2.45, 2.75) is 26.9 Å². The maximum Gasteiger partial charge on any atom is 0.194 e. The van der Waals surface area contributed by atoms with Crippen LogP contribution in [0.15, 0.2) is 46.9 Å². The Bertz CT molecular complexity index is 866. The van der Waals surface area contributed by atoms with Crippen molar-refractivity contribution < 1.29 is 0 Å². The van der Waals surface area contributed by atoms with E-state index in [-0.39, 0.29) is 0 Å². The number of benzene rings is 1. The van der Waals surface area contributed by atoms with Crippen molar-refractivity contribution >= 4 is 28.1 Å². The first-order valence-electron chi connectivity index (χ1n) is 8.40. The van der Waals surface area contributed by atoms with Crippen molar-refractivity contribution in [3.05, 3.63) is 58.3 Å². The standard InChI is InChI=1S/C19H23N5S/c1-4-20-19(24(3)12-16-13-25-14(2)23-16)22-11-18-17-8-6-5-7-15(17)9-10-21-18/h5-10,13H,4,11-12H2,1-3H3,(H,20,22). The number of aliphatic imine (C=N–C) groups is 1. The van der Waals surface area contributed by atoms with E-state index in [1.54, 1.807) is 11.3 Å². The van der Waals surface area contributed by atoms with Crippen molar-refractivity contribution in [2.24, 2.45) is 4.99 Å². The fraction of sp³-hybridized carbons (Fsp3) is 0.316. The monoisotopic (exact) mass is 353 g/mol. The molecule has 0 atom stereocenters. The molecule has 0 bridgehead atoms. The number of pyridine rings is 1. The maximum atomic E-state index is 4.78. The van der Waals surface area contributed by atoms with Crippen LogP contribution in [0.5, 0.6) is 0 Å². The van der Waals surface area contributed by atoms with Crippen LogP contribution < -0.4 is 5.32 Å². The first-order chi connectivity index (χ1) is 12.2. The second-order valence-electron chi connectivity index (χ2n) is 5.86. The molecule has 25 heavy (non-hydrogen) atoms. The van der Waals surface area contributed by atoms with Gasteiger partial charge in [-0.2, -0.15) is 0 Å². The van der Waals surface area contributed by atoms with Crippen molar-refractivity contribution in [1.29, 1.82) is 0 Å². The summed E-state index contributed by atoms with van der Waals surface area (Å²) in [4.78, 5) is 15.9. The van der Waals surface area contributed by atoms with Crippen molar-refractivity contribution in [2.75, 3.05) is 13.6 Å². The highest BCUT2D eigenvalue weighted by atomic mass is 32.1. The highest BCUT2D eigenvalue weighted by Crippen LogP contribution is 2.17. The zero-order valence-electron chi connectivity index (χ0n) is 14.9. The average molecular weight is 353 g/mol. The predicted octanol–water partition coefficient (Wildman–Crippen LogP) is 3.60. The lowest BCUT2D eigenvalue weighted by atomic mass is 10.1. The van der Waals surface area contributed by atoms with E-state index in [0.29, 0.717) is 6.54 Å². The lowest BCUT2D eigenvalue weighted by Crippen LogP contribution is -2.38. The Labute approximate surface area is 152 Å². The Balaban J connectivity index is 1.79. The molecule has 130 valence electrons. The first-order valence-corrected chi connectivity index (χ1v) is 9.28. The molecule has 3 rings (SSSR count). The third-order valence-corrected chi connectivity index (χ3v) is 4.72. The Hall–Kier alpha value is -2.47. The van der Waals surface area contributed by atoms with E-state index >= 15 is 0 Å². The molecule has 0 aliphatic rings. The van der Waals surface area contributed by atoms with E-state index in [2.05, 4.69) is 44.6 Å². The summed E-state index contributed by atoms with van der Waals surface area (Å²) in [6.45, 7) is 6.21. The molecule has 0 saturated carbocycles. The van der Waals surface area contributed by atoms with Crippen LogP contribution in [0.3, 0.4) is 0 Å². The van der Waals surface area contributed by atoms with Gasteiger partial charge in [-0.25, -0.2) is 9.98 Å². The number of nitrogens with zero attached hydrogens (tertiary/aromatic N) is 4. The summed E-state index contributed by atoms with van der Waals surface area (Å²) in [5.41, 5.74) is 2.06. The van der Waals surface area contributed by atoms with Gasteiger partial charge in [0.2, 0.25) is 0 Å². The molecule has 2 heterocycles. The van der Waals surface area contributed by atoms with Crippen LogP contribution in [-0.4, -0.2) is 34.4 Å². The normalized spacial score (nSPS) is 11.7. The summed E-state index contributed by atoms with van der Waals surface area (Å²) in [6.07, 6.45) is 1.85. The van der Waals surface area contributed by atoms with Crippen LogP contribution in [-0.2, 0) is 13.1 Å². The largest absolute Gasteiger partial charge is 0.357 e. The highest BCUT2D eigenvalue weighted by Gasteiger charge is 2.09. The molecule has 0 amide bonds. The molecule has 0 saturated heterocycles. The van der Waals surface area contributed by atoms with Gasteiger partial charge in [0.15, 0.2) is 5.96 Å². The van der Waals surface area contributed by atoms with Gasteiger partial charge >= 0.3 is 0 Å². The zero-order chi connectivity index (χ0) is 17.6. The number of nitrogens with one attached hydrogen (secondary N) is 1. The summed E-state index contributed by atoms with van der Waals surface area (Å²) in [7, 11) is 2.03. The van der Waals surface area contributed by atoms with Crippen molar-refractivity contribution in [3.8, 4) is 0 Å². The second-order valence-corrected chi connectivity index (χ2v) is 6.93. The average Bonchev–Trinajstić information content (AvgIpc) is 3.03. The molecule has 0 spiro atoms. The molecular weight excluding hydrogens is 330 g/mol. The minimum Gasteiger partial charge on any atom is -0.357 e.